The Labute approximate surface area is 144 Å². The van der Waals surface area contributed by atoms with E-state index in [1.54, 1.807) is 18.2 Å². The lowest BCUT2D eigenvalue weighted by Crippen LogP contribution is -2.26. The first kappa shape index (κ1) is 17.2. The van der Waals surface area contributed by atoms with E-state index in [2.05, 4.69) is 10.3 Å². The van der Waals surface area contributed by atoms with Gasteiger partial charge in [-0.25, -0.2) is 4.98 Å². The van der Waals surface area contributed by atoms with Gasteiger partial charge < -0.3 is 10.4 Å². The lowest BCUT2D eigenvalue weighted by molar-refractivity contribution is -0.137. The topological polar surface area (TPSA) is 62.2 Å². The fourth-order valence-corrected chi connectivity index (χ4v) is 3.29. The quantitative estimate of drug-likeness (QED) is 0.734. The van der Waals surface area contributed by atoms with Crippen molar-refractivity contribution >= 4 is 27.5 Å². The highest BCUT2D eigenvalue weighted by Crippen LogP contribution is 2.29. The van der Waals surface area contributed by atoms with E-state index in [-0.39, 0.29) is 17.9 Å². The number of hydrogen-bond acceptors (Lipinski definition) is 4. The molecule has 1 amide bonds. The molecule has 130 valence electrons. The Hall–Kier alpha value is -2.61. The van der Waals surface area contributed by atoms with Crippen LogP contribution in [-0.4, -0.2) is 22.5 Å². The number of rotatable bonds is 4. The molecule has 3 rings (SSSR count). The number of phenols is 1. The van der Waals surface area contributed by atoms with Crippen molar-refractivity contribution in [1.82, 2.24) is 10.3 Å². The minimum Gasteiger partial charge on any atom is -0.508 e. The summed E-state index contributed by atoms with van der Waals surface area (Å²) >= 11 is 1.39. The number of phenolic OH excluding ortho intramolecular Hbond substituents is 1. The van der Waals surface area contributed by atoms with Crippen molar-refractivity contribution in [3.63, 3.8) is 0 Å². The van der Waals surface area contributed by atoms with E-state index >= 15 is 0 Å². The van der Waals surface area contributed by atoms with Gasteiger partial charge in [0, 0.05) is 18.5 Å². The van der Waals surface area contributed by atoms with Crippen LogP contribution >= 0.6 is 11.3 Å². The van der Waals surface area contributed by atoms with Crippen LogP contribution in [0.15, 0.2) is 42.5 Å². The molecule has 0 bridgehead atoms. The van der Waals surface area contributed by atoms with Crippen molar-refractivity contribution in [2.75, 3.05) is 6.54 Å². The summed E-state index contributed by atoms with van der Waals surface area (Å²) in [5.41, 5.74) is -0.141. The van der Waals surface area contributed by atoms with Gasteiger partial charge in [-0.2, -0.15) is 13.2 Å². The molecule has 0 radical (unpaired) electrons. The van der Waals surface area contributed by atoms with Crippen LogP contribution in [0.1, 0.15) is 20.9 Å². The molecule has 1 aromatic heterocycles. The maximum atomic E-state index is 12.7. The number of alkyl halides is 3. The van der Waals surface area contributed by atoms with E-state index in [9.17, 15) is 23.1 Å². The number of nitrogens with one attached hydrogen (secondary N) is 1. The van der Waals surface area contributed by atoms with Gasteiger partial charge in [-0.15, -0.1) is 11.3 Å². The van der Waals surface area contributed by atoms with Crippen LogP contribution in [-0.2, 0) is 12.6 Å². The molecule has 0 aliphatic carbocycles. The van der Waals surface area contributed by atoms with Gasteiger partial charge in [0.15, 0.2) is 0 Å². The van der Waals surface area contributed by atoms with E-state index in [1.807, 2.05) is 0 Å². The maximum Gasteiger partial charge on any atom is 0.416 e. The van der Waals surface area contributed by atoms with Crippen LogP contribution < -0.4 is 5.32 Å². The fourth-order valence-electron chi connectivity index (χ4n) is 2.29. The maximum absolute atomic E-state index is 12.7. The Morgan fingerprint density at radius 3 is 2.76 bits per heavy atom. The summed E-state index contributed by atoms with van der Waals surface area (Å²) in [6.07, 6.45) is -4.03. The summed E-state index contributed by atoms with van der Waals surface area (Å²) in [5, 5.41) is 12.8. The normalized spacial score (nSPS) is 11.6. The van der Waals surface area contributed by atoms with Gasteiger partial charge in [0.1, 0.15) is 5.75 Å². The monoisotopic (exact) mass is 366 g/mol. The van der Waals surface area contributed by atoms with E-state index in [0.717, 1.165) is 27.4 Å². The molecule has 25 heavy (non-hydrogen) atoms. The average Bonchev–Trinajstić information content (AvgIpc) is 2.96. The van der Waals surface area contributed by atoms with Crippen molar-refractivity contribution in [3.8, 4) is 5.75 Å². The van der Waals surface area contributed by atoms with Crippen molar-refractivity contribution in [2.24, 2.45) is 0 Å². The molecular formula is C17H13F3N2O2S. The van der Waals surface area contributed by atoms with Gasteiger partial charge in [0.05, 0.1) is 20.8 Å². The molecule has 8 heteroatoms. The van der Waals surface area contributed by atoms with E-state index in [1.165, 1.54) is 23.5 Å². The molecule has 4 nitrogen and oxygen atoms in total. The second-order valence-electron chi connectivity index (χ2n) is 5.34. The largest absolute Gasteiger partial charge is 0.508 e. The van der Waals surface area contributed by atoms with E-state index in [4.69, 9.17) is 0 Å². The molecule has 0 aliphatic heterocycles. The minimum atomic E-state index is -4.48. The molecule has 0 unspecified atom stereocenters. The highest BCUT2D eigenvalue weighted by Gasteiger charge is 2.30. The number of halogens is 3. The zero-order chi connectivity index (χ0) is 18.0. The van der Waals surface area contributed by atoms with E-state index < -0.39 is 17.6 Å². The second kappa shape index (κ2) is 6.72. The van der Waals surface area contributed by atoms with E-state index in [0.29, 0.717) is 6.42 Å². The van der Waals surface area contributed by atoms with Crippen LogP contribution in [0.3, 0.4) is 0 Å². The summed E-state index contributed by atoms with van der Waals surface area (Å²) in [5.74, 6) is -0.412. The molecule has 2 N–H and O–H groups in total. The molecule has 2 aromatic carbocycles. The van der Waals surface area contributed by atoms with Gasteiger partial charge in [0.2, 0.25) is 0 Å². The van der Waals surface area contributed by atoms with Crippen molar-refractivity contribution in [1.29, 1.82) is 0 Å². The van der Waals surface area contributed by atoms with Crippen LogP contribution in [0.25, 0.3) is 10.2 Å². The summed E-state index contributed by atoms with van der Waals surface area (Å²) < 4.78 is 38.9. The average molecular weight is 366 g/mol. The molecule has 1 heterocycles. The number of carbonyl (C=O) groups excluding carboxylic acids is 1. The predicted molar refractivity (Wildman–Crippen MR) is 88.8 cm³/mol. The molecule has 0 atom stereocenters. The molecule has 0 spiro atoms. The SMILES string of the molecule is O=C(NCCc1nc2ccc(O)cc2s1)c1cccc(C(F)(F)F)c1. The zero-order valence-electron chi connectivity index (χ0n) is 12.8. The lowest BCUT2D eigenvalue weighted by atomic mass is 10.1. The van der Waals surface area contributed by atoms with Crippen LogP contribution in [0.2, 0.25) is 0 Å². The number of aromatic nitrogens is 1. The lowest BCUT2D eigenvalue weighted by Gasteiger charge is -2.09. The Morgan fingerprint density at radius 1 is 1.20 bits per heavy atom. The highest BCUT2D eigenvalue weighted by atomic mass is 32.1. The summed E-state index contributed by atoms with van der Waals surface area (Å²) in [4.78, 5) is 16.4. The third kappa shape index (κ3) is 4.08. The van der Waals surface area contributed by atoms with Crippen LogP contribution in [0.4, 0.5) is 13.2 Å². The fraction of sp³-hybridized carbons (Fsp3) is 0.176. The first-order valence-corrected chi connectivity index (χ1v) is 8.18. The molecular weight excluding hydrogens is 353 g/mol. The summed E-state index contributed by atoms with van der Waals surface area (Å²) in [6, 6.07) is 9.15. The predicted octanol–water partition coefficient (Wildman–Crippen LogP) is 3.99. The third-order valence-corrected chi connectivity index (χ3v) is 4.57. The van der Waals surface area contributed by atoms with Gasteiger partial charge in [-0.3, -0.25) is 4.79 Å². The van der Waals surface area contributed by atoms with Gasteiger partial charge in [-0.1, -0.05) is 6.07 Å². The number of aromatic hydroxyl groups is 1. The first-order chi connectivity index (χ1) is 11.8. The number of thiazole rings is 1. The smallest absolute Gasteiger partial charge is 0.416 e. The standard InChI is InChI=1S/C17H13F3N2O2S/c18-17(19,20)11-3-1-2-10(8-11)16(24)21-7-6-15-22-13-5-4-12(23)9-14(13)25-15/h1-5,8-9,23H,6-7H2,(H,21,24). The van der Waals surface area contributed by atoms with Crippen molar-refractivity contribution < 1.29 is 23.1 Å². The van der Waals surface area contributed by atoms with Crippen molar-refractivity contribution in [2.45, 2.75) is 12.6 Å². The molecule has 0 fully saturated rings. The number of benzene rings is 2. The molecule has 0 saturated heterocycles. The van der Waals surface area contributed by atoms with Crippen LogP contribution in [0, 0.1) is 0 Å². The number of fused-ring (bicyclic) bond motifs is 1. The Bertz CT molecular complexity index is 922. The zero-order valence-corrected chi connectivity index (χ0v) is 13.6. The summed E-state index contributed by atoms with van der Waals surface area (Å²) in [7, 11) is 0. The summed E-state index contributed by atoms with van der Waals surface area (Å²) in [6.45, 7) is 0.251. The number of amides is 1. The van der Waals surface area contributed by atoms with Crippen LogP contribution in [0.5, 0.6) is 5.75 Å². The third-order valence-electron chi connectivity index (χ3n) is 3.49. The number of nitrogens with zero attached hydrogens (tertiary/aromatic N) is 1. The van der Waals surface area contributed by atoms with Gasteiger partial charge >= 0.3 is 6.18 Å². The Morgan fingerprint density at radius 2 is 2.00 bits per heavy atom. The van der Waals surface area contributed by atoms with Crippen molar-refractivity contribution in [3.05, 3.63) is 58.6 Å². The minimum absolute atomic E-state index is 0.0379. The van der Waals surface area contributed by atoms with Gasteiger partial charge in [-0.05, 0) is 36.4 Å². The molecule has 0 aliphatic rings. The first-order valence-electron chi connectivity index (χ1n) is 7.37. The van der Waals surface area contributed by atoms with Gasteiger partial charge in [0.25, 0.3) is 5.91 Å². The highest BCUT2D eigenvalue weighted by molar-refractivity contribution is 7.18. The Balaban J connectivity index is 1.62. The molecule has 0 saturated carbocycles. The Kier molecular flexibility index (Phi) is 4.63. The number of carbonyl (C=O) groups is 1. The molecule has 3 aromatic rings. The second-order valence-corrected chi connectivity index (χ2v) is 6.46. The number of hydrogen-bond donors (Lipinski definition) is 2.